The quantitative estimate of drug-likeness (QED) is 0.347. The molecule has 0 aliphatic rings. The van der Waals surface area contributed by atoms with E-state index >= 15 is 0 Å². The highest BCUT2D eigenvalue weighted by Gasteiger charge is 2.21. The van der Waals surface area contributed by atoms with Crippen molar-refractivity contribution in [1.29, 1.82) is 0 Å². The second kappa shape index (κ2) is 8.91. The maximum absolute atomic E-state index is 13.3. The number of nitrogens with one attached hydrogen (secondary N) is 1. The number of anilines is 1. The van der Waals surface area contributed by atoms with E-state index in [-0.39, 0.29) is 11.5 Å². The zero-order valence-corrected chi connectivity index (χ0v) is 18.4. The number of carbonyl (C=O) groups excluding carboxylic acids is 1. The van der Waals surface area contributed by atoms with Crippen molar-refractivity contribution in [3.05, 3.63) is 87.8 Å². The molecule has 4 aromatic rings. The molecule has 0 saturated carbocycles. The van der Waals surface area contributed by atoms with E-state index in [9.17, 15) is 9.59 Å². The van der Waals surface area contributed by atoms with Crippen molar-refractivity contribution in [2.24, 2.45) is 0 Å². The first-order chi connectivity index (χ1) is 14.9. The average Bonchev–Trinajstić information content (AvgIpc) is 2.74. The molecule has 1 amide bonds. The molecule has 0 aliphatic carbocycles. The van der Waals surface area contributed by atoms with Crippen LogP contribution in [0.15, 0.2) is 76.8 Å². The fraction of sp³-hybridized carbons (Fsp3) is 0.130. The minimum atomic E-state index is -0.525. The van der Waals surface area contributed by atoms with Crippen LogP contribution in [0.25, 0.3) is 16.7 Å². The molecule has 2 aromatic heterocycles. The number of aromatic nitrogens is 3. The van der Waals surface area contributed by atoms with Crippen LogP contribution in [0, 0.1) is 6.92 Å². The third-order valence-electron chi connectivity index (χ3n) is 4.62. The highest BCUT2D eigenvalue weighted by atomic mass is 35.5. The second-order valence-electron chi connectivity index (χ2n) is 7.00. The molecular formula is C23H19ClN4O2S. The molecule has 2 aromatic carbocycles. The van der Waals surface area contributed by atoms with Crippen LogP contribution >= 0.6 is 23.4 Å². The van der Waals surface area contributed by atoms with E-state index < -0.39 is 5.25 Å². The molecule has 0 aliphatic heterocycles. The van der Waals surface area contributed by atoms with Gasteiger partial charge >= 0.3 is 0 Å². The summed E-state index contributed by atoms with van der Waals surface area (Å²) in [6, 6.07) is 17.8. The summed E-state index contributed by atoms with van der Waals surface area (Å²) in [5.41, 5.74) is 1.91. The molecule has 2 heterocycles. The van der Waals surface area contributed by atoms with Crippen molar-refractivity contribution in [3.63, 3.8) is 0 Å². The number of rotatable bonds is 5. The second-order valence-corrected chi connectivity index (χ2v) is 8.75. The summed E-state index contributed by atoms with van der Waals surface area (Å²) in [5, 5.41) is 3.75. The Bertz CT molecular complexity index is 1340. The predicted octanol–water partition coefficient (Wildman–Crippen LogP) is 4.86. The Labute approximate surface area is 188 Å². The van der Waals surface area contributed by atoms with Crippen molar-refractivity contribution in [2.75, 3.05) is 5.32 Å². The van der Waals surface area contributed by atoms with Crippen LogP contribution < -0.4 is 10.9 Å². The van der Waals surface area contributed by atoms with Crippen molar-refractivity contribution < 1.29 is 4.79 Å². The molecule has 156 valence electrons. The van der Waals surface area contributed by atoms with Gasteiger partial charge in [-0.25, -0.2) is 14.5 Å². The Kier molecular flexibility index (Phi) is 6.06. The molecule has 1 unspecified atom stereocenters. The summed E-state index contributed by atoms with van der Waals surface area (Å²) < 4.78 is 1.46. The van der Waals surface area contributed by atoms with E-state index in [1.165, 1.54) is 16.3 Å². The number of hydrogen-bond acceptors (Lipinski definition) is 5. The summed E-state index contributed by atoms with van der Waals surface area (Å²) in [5.74, 6) is 0.242. The van der Waals surface area contributed by atoms with Crippen LogP contribution in [0.4, 0.5) is 5.69 Å². The number of aryl methyl sites for hydroxylation is 1. The van der Waals surface area contributed by atoms with Crippen LogP contribution in [0.3, 0.4) is 0 Å². The minimum absolute atomic E-state index is 0.224. The summed E-state index contributed by atoms with van der Waals surface area (Å²) in [7, 11) is 0. The highest BCUT2D eigenvalue weighted by Crippen LogP contribution is 2.26. The van der Waals surface area contributed by atoms with Gasteiger partial charge in [0.25, 0.3) is 5.56 Å². The molecular weight excluding hydrogens is 432 g/mol. The van der Waals surface area contributed by atoms with Gasteiger partial charge in [-0.05, 0) is 61.9 Å². The van der Waals surface area contributed by atoms with Crippen molar-refractivity contribution in [1.82, 2.24) is 14.5 Å². The standard InChI is InChI=1S/C23H19ClN4O2S/c1-14-10-11-25-20(12-14)28-22(30)18-8-3-4-9-19(18)27-23(28)31-15(2)21(29)26-17-7-5-6-16(24)13-17/h3-13,15H,1-2H3,(H,26,29). The molecule has 31 heavy (non-hydrogen) atoms. The predicted molar refractivity (Wildman–Crippen MR) is 125 cm³/mol. The van der Waals surface area contributed by atoms with Gasteiger partial charge in [0.2, 0.25) is 5.91 Å². The Hall–Kier alpha value is -3.16. The number of benzene rings is 2. The Balaban J connectivity index is 1.73. The Morgan fingerprint density at radius 2 is 1.94 bits per heavy atom. The SMILES string of the molecule is Cc1ccnc(-n2c(SC(C)C(=O)Nc3cccc(Cl)c3)nc3ccccc3c2=O)c1. The lowest BCUT2D eigenvalue weighted by atomic mass is 10.2. The smallest absolute Gasteiger partial charge is 0.267 e. The number of pyridine rings is 1. The fourth-order valence-corrected chi connectivity index (χ4v) is 4.16. The van der Waals surface area contributed by atoms with Crippen LogP contribution in [-0.2, 0) is 4.79 Å². The van der Waals surface area contributed by atoms with Crippen LogP contribution in [0.2, 0.25) is 5.02 Å². The Morgan fingerprint density at radius 1 is 1.13 bits per heavy atom. The topological polar surface area (TPSA) is 76.9 Å². The molecule has 0 fully saturated rings. The summed E-state index contributed by atoms with van der Waals surface area (Å²) >= 11 is 7.20. The lowest BCUT2D eigenvalue weighted by molar-refractivity contribution is -0.115. The summed E-state index contributed by atoms with van der Waals surface area (Å²) in [6.07, 6.45) is 1.65. The zero-order valence-electron chi connectivity index (χ0n) is 16.9. The minimum Gasteiger partial charge on any atom is -0.325 e. The van der Waals surface area contributed by atoms with Gasteiger partial charge in [0.15, 0.2) is 5.16 Å². The van der Waals surface area contributed by atoms with Crippen LogP contribution in [0.1, 0.15) is 12.5 Å². The van der Waals surface area contributed by atoms with E-state index in [1.807, 2.05) is 25.1 Å². The summed E-state index contributed by atoms with van der Waals surface area (Å²) in [6.45, 7) is 3.69. The van der Waals surface area contributed by atoms with E-state index in [1.54, 1.807) is 55.6 Å². The van der Waals surface area contributed by atoms with Gasteiger partial charge < -0.3 is 5.32 Å². The van der Waals surface area contributed by atoms with Gasteiger partial charge in [0.05, 0.1) is 16.2 Å². The van der Waals surface area contributed by atoms with E-state index in [2.05, 4.69) is 15.3 Å². The lowest BCUT2D eigenvalue weighted by Gasteiger charge is -2.16. The maximum atomic E-state index is 13.3. The van der Waals surface area contributed by atoms with E-state index in [4.69, 9.17) is 11.6 Å². The lowest BCUT2D eigenvalue weighted by Crippen LogP contribution is -2.26. The van der Waals surface area contributed by atoms with Gasteiger partial charge in [-0.2, -0.15) is 0 Å². The van der Waals surface area contributed by atoms with Crippen LogP contribution in [-0.4, -0.2) is 25.7 Å². The van der Waals surface area contributed by atoms with Gasteiger partial charge in [0.1, 0.15) is 5.82 Å². The number of para-hydroxylation sites is 1. The molecule has 4 rings (SSSR count). The molecule has 0 saturated heterocycles. The molecule has 8 heteroatoms. The van der Waals surface area contributed by atoms with E-state index in [0.717, 1.165) is 5.56 Å². The number of nitrogens with zero attached hydrogens (tertiary/aromatic N) is 3. The van der Waals surface area contributed by atoms with E-state index in [0.29, 0.717) is 32.6 Å². The molecule has 6 nitrogen and oxygen atoms in total. The number of fused-ring (bicyclic) bond motifs is 1. The zero-order chi connectivity index (χ0) is 22.0. The first-order valence-corrected chi connectivity index (χ1v) is 10.9. The normalized spacial score (nSPS) is 12.0. The van der Waals surface area contributed by atoms with Gasteiger partial charge in [-0.1, -0.05) is 41.6 Å². The monoisotopic (exact) mass is 450 g/mol. The number of thioether (sulfide) groups is 1. The van der Waals surface area contributed by atoms with Gasteiger partial charge in [-0.15, -0.1) is 0 Å². The molecule has 0 spiro atoms. The highest BCUT2D eigenvalue weighted by molar-refractivity contribution is 8.00. The summed E-state index contributed by atoms with van der Waals surface area (Å²) in [4.78, 5) is 35.1. The number of halogens is 1. The first-order valence-electron chi connectivity index (χ1n) is 9.60. The molecule has 0 radical (unpaired) electrons. The molecule has 1 atom stereocenters. The van der Waals surface area contributed by atoms with Crippen molar-refractivity contribution >= 4 is 45.9 Å². The van der Waals surface area contributed by atoms with Crippen LogP contribution in [0.5, 0.6) is 0 Å². The maximum Gasteiger partial charge on any atom is 0.267 e. The molecule has 0 bridgehead atoms. The van der Waals surface area contributed by atoms with Crippen molar-refractivity contribution in [3.8, 4) is 5.82 Å². The third kappa shape index (κ3) is 4.62. The van der Waals surface area contributed by atoms with Crippen molar-refractivity contribution in [2.45, 2.75) is 24.3 Å². The number of hydrogen-bond donors (Lipinski definition) is 1. The fourth-order valence-electron chi connectivity index (χ4n) is 3.06. The first kappa shape index (κ1) is 21.1. The largest absolute Gasteiger partial charge is 0.325 e. The molecule has 1 N–H and O–H groups in total. The third-order valence-corrected chi connectivity index (χ3v) is 5.91. The Morgan fingerprint density at radius 3 is 2.71 bits per heavy atom. The van der Waals surface area contributed by atoms with Gasteiger partial charge in [-0.3, -0.25) is 9.59 Å². The average molecular weight is 451 g/mol. The number of carbonyl (C=O) groups is 1. The van der Waals surface area contributed by atoms with Gasteiger partial charge in [0, 0.05) is 16.9 Å². The number of amides is 1.